The fourth-order valence-electron chi connectivity index (χ4n) is 3.25. The summed E-state index contributed by atoms with van der Waals surface area (Å²) >= 11 is 0. The number of carboxylic acids is 1. The molecule has 0 saturated heterocycles. The third-order valence-electron chi connectivity index (χ3n) is 4.44. The quantitative estimate of drug-likeness (QED) is 0.789. The van der Waals surface area contributed by atoms with Crippen molar-refractivity contribution in [2.45, 2.75) is 19.3 Å². The second-order valence-electron chi connectivity index (χ2n) is 5.82. The Morgan fingerprint density at radius 1 is 1.18 bits per heavy atom. The van der Waals surface area contributed by atoms with E-state index >= 15 is 0 Å². The van der Waals surface area contributed by atoms with Crippen LogP contribution >= 0.6 is 0 Å². The van der Waals surface area contributed by atoms with Gasteiger partial charge in [-0.1, -0.05) is 36.4 Å². The first-order chi connectivity index (χ1) is 10.7. The Balaban J connectivity index is 1.79. The van der Waals surface area contributed by atoms with Gasteiger partial charge in [-0.05, 0) is 36.3 Å². The molecular formula is C18H16N2O2. The van der Waals surface area contributed by atoms with E-state index < -0.39 is 5.97 Å². The van der Waals surface area contributed by atoms with Crippen molar-refractivity contribution in [2.75, 3.05) is 0 Å². The van der Waals surface area contributed by atoms with Crippen LogP contribution in [0.3, 0.4) is 0 Å². The van der Waals surface area contributed by atoms with E-state index in [0.29, 0.717) is 12.8 Å². The van der Waals surface area contributed by atoms with E-state index in [1.807, 2.05) is 29.1 Å². The van der Waals surface area contributed by atoms with Crippen molar-refractivity contribution in [3.63, 3.8) is 0 Å². The third kappa shape index (κ3) is 2.08. The summed E-state index contributed by atoms with van der Waals surface area (Å²) in [5, 5.41) is 16.2. The van der Waals surface area contributed by atoms with Gasteiger partial charge in [-0.15, -0.1) is 0 Å². The summed E-state index contributed by atoms with van der Waals surface area (Å²) in [5.74, 6) is -0.985. The zero-order chi connectivity index (χ0) is 15.1. The molecule has 4 heteroatoms. The minimum absolute atomic E-state index is 0.280. The number of carboxylic acid groups (broad SMARTS) is 1. The molecule has 1 N–H and O–H groups in total. The molecule has 4 nitrogen and oxygen atoms in total. The summed E-state index contributed by atoms with van der Waals surface area (Å²) < 4.78 is 1.90. The summed E-state index contributed by atoms with van der Waals surface area (Å²) in [4.78, 5) is 11.2. The number of aliphatic carboxylic acids is 1. The first-order valence-corrected chi connectivity index (χ1v) is 7.51. The lowest BCUT2D eigenvalue weighted by Crippen LogP contribution is -2.21. The third-order valence-corrected chi connectivity index (χ3v) is 4.44. The van der Waals surface area contributed by atoms with Crippen molar-refractivity contribution in [1.29, 1.82) is 0 Å². The van der Waals surface area contributed by atoms with Crippen LogP contribution in [0, 0.1) is 5.92 Å². The second kappa shape index (κ2) is 4.98. The minimum Gasteiger partial charge on any atom is -0.481 e. The van der Waals surface area contributed by atoms with Crippen LogP contribution in [-0.2, 0) is 17.6 Å². The fraction of sp³-hybridized carbons (Fsp3) is 0.222. The molecule has 1 aromatic heterocycles. The Morgan fingerprint density at radius 2 is 2.00 bits per heavy atom. The molecule has 0 saturated carbocycles. The van der Waals surface area contributed by atoms with Gasteiger partial charge in [0.1, 0.15) is 0 Å². The average molecular weight is 292 g/mol. The molecule has 4 rings (SSSR count). The normalized spacial score (nSPS) is 17.4. The number of aryl methyl sites for hydroxylation is 1. The Morgan fingerprint density at radius 3 is 2.86 bits per heavy atom. The summed E-state index contributed by atoms with van der Waals surface area (Å²) in [7, 11) is 0. The van der Waals surface area contributed by atoms with Crippen LogP contribution in [0.5, 0.6) is 0 Å². The molecule has 0 unspecified atom stereocenters. The van der Waals surface area contributed by atoms with Gasteiger partial charge in [-0.25, -0.2) is 4.68 Å². The van der Waals surface area contributed by atoms with Gasteiger partial charge < -0.3 is 5.11 Å². The zero-order valence-corrected chi connectivity index (χ0v) is 12.1. The maximum absolute atomic E-state index is 11.2. The molecule has 2 aromatic carbocycles. The number of hydrogen-bond acceptors (Lipinski definition) is 2. The number of rotatable bonds is 2. The van der Waals surface area contributed by atoms with Crippen molar-refractivity contribution in [3.05, 3.63) is 59.9 Å². The Hall–Kier alpha value is -2.62. The topological polar surface area (TPSA) is 55.1 Å². The number of hydrogen-bond donors (Lipinski definition) is 1. The maximum atomic E-state index is 11.2. The highest BCUT2D eigenvalue weighted by Crippen LogP contribution is 2.28. The lowest BCUT2D eigenvalue weighted by atomic mass is 9.88. The molecule has 110 valence electrons. The number of aromatic nitrogens is 2. The van der Waals surface area contributed by atoms with Crippen LogP contribution in [0.4, 0.5) is 0 Å². The van der Waals surface area contributed by atoms with Crippen molar-refractivity contribution in [2.24, 2.45) is 5.92 Å². The Labute approximate surface area is 128 Å². The molecule has 1 aliphatic rings. The number of fused-ring (bicyclic) bond motifs is 2. The molecule has 0 amide bonds. The summed E-state index contributed by atoms with van der Waals surface area (Å²) in [5.41, 5.74) is 3.14. The maximum Gasteiger partial charge on any atom is 0.306 e. The molecule has 1 atom stereocenters. The molecule has 1 aliphatic carbocycles. The molecule has 3 aromatic rings. The highest BCUT2D eigenvalue weighted by molar-refractivity contribution is 5.90. The number of nitrogens with zero attached hydrogens (tertiary/aromatic N) is 2. The van der Waals surface area contributed by atoms with Crippen molar-refractivity contribution in [3.8, 4) is 5.69 Å². The van der Waals surface area contributed by atoms with Crippen LogP contribution in [0.1, 0.15) is 17.7 Å². The first kappa shape index (κ1) is 13.1. The van der Waals surface area contributed by atoms with E-state index in [2.05, 4.69) is 29.4 Å². The van der Waals surface area contributed by atoms with Crippen LogP contribution < -0.4 is 0 Å². The molecule has 0 radical (unpaired) electrons. The first-order valence-electron chi connectivity index (χ1n) is 7.51. The average Bonchev–Trinajstić information content (AvgIpc) is 2.97. The van der Waals surface area contributed by atoms with Gasteiger partial charge in [0.25, 0.3) is 0 Å². The number of benzene rings is 2. The predicted octanol–water partition coefficient (Wildman–Crippen LogP) is 3.22. The Bertz CT molecular complexity index is 861. The van der Waals surface area contributed by atoms with Crippen LogP contribution in [0.2, 0.25) is 0 Å². The lowest BCUT2D eigenvalue weighted by Gasteiger charge is -2.16. The molecule has 22 heavy (non-hydrogen) atoms. The van der Waals surface area contributed by atoms with Crippen LogP contribution in [0.25, 0.3) is 16.5 Å². The van der Waals surface area contributed by atoms with E-state index in [9.17, 15) is 9.90 Å². The molecule has 1 heterocycles. The largest absolute Gasteiger partial charge is 0.481 e. The van der Waals surface area contributed by atoms with Gasteiger partial charge in [-0.3, -0.25) is 4.79 Å². The smallest absolute Gasteiger partial charge is 0.306 e. The van der Waals surface area contributed by atoms with Crippen molar-refractivity contribution >= 4 is 16.7 Å². The van der Waals surface area contributed by atoms with E-state index in [-0.39, 0.29) is 5.92 Å². The van der Waals surface area contributed by atoms with Crippen LogP contribution in [-0.4, -0.2) is 20.9 Å². The molecule has 0 aliphatic heterocycles. The van der Waals surface area contributed by atoms with Gasteiger partial charge in [0.15, 0.2) is 0 Å². The fourth-order valence-corrected chi connectivity index (χ4v) is 3.25. The summed E-state index contributed by atoms with van der Waals surface area (Å²) in [6.45, 7) is 0. The SMILES string of the molecule is O=C(O)[C@@H]1CCc2nn(-c3cccc4ccccc34)cc2C1. The van der Waals surface area contributed by atoms with Gasteiger partial charge >= 0.3 is 5.97 Å². The van der Waals surface area contributed by atoms with Gasteiger partial charge in [-0.2, -0.15) is 5.10 Å². The molecule has 0 spiro atoms. The van der Waals surface area contributed by atoms with E-state index in [4.69, 9.17) is 0 Å². The van der Waals surface area contributed by atoms with E-state index in [0.717, 1.165) is 28.8 Å². The van der Waals surface area contributed by atoms with E-state index in [1.54, 1.807) is 0 Å². The second-order valence-corrected chi connectivity index (χ2v) is 5.82. The number of carbonyl (C=O) groups is 1. The van der Waals surface area contributed by atoms with Gasteiger partial charge in [0.2, 0.25) is 0 Å². The standard InChI is InChI=1S/C18H16N2O2/c21-18(22)13-8-9-16-14(10-13)11-20(19-16)17-7-3-5-12-4-1-2-6-15(12)17/h1-7,11,13H,8-10H2,(H,21,22)/t13-/m1/s1. The molecule has 0 fully saturated rings. The minimum atomic E-state index is -0.705. The van der Waals surface area contributed by atoms with Crippen LogP contribution in [0.15, 0.2) is 48.7 Å². The highest BCUT2D eigenvalue weighted by atomic mass is 16.4. The highest BCUT2D eigenvalue weighted by Gasteiger charge is 2.26. The van der Waals surface area contributed by atoms with Crippen molar-refractivity contribution in [1.82, 2.24) is 9.78 Å². The lowest BCUT2D eigenvalue weighted by molar-refractivity contribution is -0.142. The van der Waals surface area contributed by atoms with Gasteiger partial charge in [0, 0.05) is 11.6 Å². The predicted molar refractivity (Wildman–Crippen MR) is 84.2 cm³/mol. The monoisotopic (exact) mass is 292 g/mol. The zero-order valence-electron chi connectivity index (χ0n) is 12.1. The van der Waals surface area contributed by atoms with E-state index in [1.165, 1.54) is 5.39 Å². The van der Waals surface area contributed by atoms with Gasteiger partial charge in [0.05, 0.1) is 17.3 Å². The Kier molecular flexibility index (Phi) is 2.96. The molecule has 0 bridgehead atoms. The summed E-state index contributed by atoms with van der Waals surface area (Å²) in [6.07, 6.45) is 3.99. The molecular weight excluding hydrogens is 276 g/mol. The van der Waals surface area contributed by atoms with Crippen molar-refractivity contribution < 1.29 is 9.90 Å². The summed E-state index contributed by atoms with van der Waals surface area (Å²) in [6, 6.07) is 14.4.